The van der Waals surface area contributed by atoms with Crippen LogP contribution in [0.25, 0.3) is 22.3 Å². The lowest BCUT2D eigenvalue weighted by molar-refractivity contribution is 0.0876. The lowest BCUT2D eigenvalue weighted by Gasteiger charge is -2.38. The van der Waals surface area contributed by atoms with Gasteiger partial charge in [-0.25, -0.2) is 0 Å². The van der Waals surface area contributed by atoms with Crippen LogP contribution in [-0.4, -0.2) is 55.6 Å². The molecule has 9 heteroatoms. The van der Waals surface area contributed by atoms with E-state index in [9.17, 15) is 0 Å². The molecular formula is C41H42O9. The third-order valence-electron chi connectivity index (χ3n) is 9.53. The maximum Gasteiger partial charge on any atom is 0.171 e. The molecule has 0 fully saturated rings. The summed E-state index contributed by atoms with van der Waals surface area (Å²) in [4.78, 5) is 15.1. The Morgan fingerprint density at radius 1 is 0.640 bits per heavy atom. The van der Waals surface area contributed by atoms with Crippen molar-refractivity contribution >= 4 is 16.8 Å². The molecule has 0 amide bonds. The molecule has 0 N–H and O–H groups in total. The summed E-state index contributed by atoms with van der Waals surface area (Å²) in [6.45, 7) is 2.08. The fourth-order valence-corrected chi connectivity index (χ4v) is 7.11. The lowest BCUT2D eigenvalue weighted by atomic mass is 9.65. The van der Waals surface area contributed by atoms with E-state index < -0.39 is 11.8 Å². The molecule has 0 saturated carbocycles. The van der Waals surface area contributed by atoms with Gasteiger partial charge < -0.3 is 37.6 Å². The molecule has 9 nitrogen and oxygen atoms in total. The average Bonchev–Trinajstić information content (AvgIpc) is 3.59. The maximum atomic E-state index is 15.1. The van der Waals surface area contributed by atoms with Crippen LogP contribution in [0.2, 0.25) is 0 Å². The topological polar surface area (TPSA) is 94.8 Å². The Bertz CT molecular complexity index is 2030. The van der Waals surface area contributed by atoms with Crippen molar-refractivity contribution in [2.75, 3.05) is 49.8 Å². The quantitative estimate of drug-likeness (QED) is 0.0947. The Morgan fingerprint density at radius 3 is 1.84 bits per heavy atom. The molecule has 1 aromatic heterocycles. The number of ether oxygens (including phenoxy) is 7. The van der Waals surface area contributed by atoms with E-state index in [0.717, 1.165) is 27.6 Å². The number of ketones is 1. The minimum Gasteiger partial charge on any atom is -0.497 e. The Morgan fingerprint density at radius 2 is 1.22 bits per heavy atom. The summed E-state index contributed by atoms with van der Waals surface area (Å²) in [5.41, 5.74) is 4.66. The zero-order valence-electron chi connectivity index (χ0n) is 29.6. The number of Topliss-reactive ketones (excluding diaryl/α,β-unsaturated/α-hetero) is 1. The first-order chi connectivity index (χ1) is 24.3. The summed E-state index contributed by atoms with van der Waals surface area (Å²) in [6, 6.07) is 22.5. The highest BCUT2D eigenvalue weighted by molar-refractivity contribution is 6.02. The molecule has 0 unspecified atom stereocenters. The summed E-state index contributed by atoms with van der Waals surface area (Å²) in [6.07, 6.45) is 2.78. The van der Waals surface area contributed by atoms with E-state index in [1.54, 1.807) is 68.0 Å². The number of hydrogen-bond acceptors (Lipinski definition) is 9. The highest BCUT2D eigenvalue weighted by Crippen LogP contribution is 2.54. The summed E-state index contributed by atoms with van der Waals surface area (Å²) < 4.78 is 46.5. The molecule has 260 valence electrons. The zero-order valence-corrected chi connectivity index (χ0v) is 29.6. The van der Waals surface area contributed by atoms with Gasteiger partial charge in [0.25, 0.3) is 0 Å². The summed E-state index contributed by atoms with van der Waals surface area (Å²) in [5.74, 6) is 3.33. The molecule has 1 aliphatic carbocycles. The number of benzene rings is 4. The fraction of sp³-hybridized carbons (Fsp3) is 0.293. The van der Waals surface area contributed by atoms with E-state index in [-0.39, 0.29) is 11.7 Å². The predicted octanol–water partition coefficient (Wildman–Crippen LogP) is 8.88. The highest BCUT2D eigenvalue weighted by Gasteiger charge is 2.43. The molecular weight excluding hydrogens is 636 g/mol. The van der Waals surface area contributed by atoms with Crippen molar-refractivity contribution < 1.29 is 42.4 Å². The van der Waals surface area contributed by atoms with Crippen LogP contribution < -0.4 is 33.2 Å². The molecule has 0 spiro atoms. The minimum absolute atomic E-state index is 0.0967. The Balaban J connectivity index is 1.55. The minimum atomic E-state index is -0.615. The van der Waals surface area contributed by atoms with E-state index in [4.69, 9.17) is 37.6 Å². The van der Waals surface area contributed by atoms with Crippen molar-refractivity contribution in [3.63, 3.8) is 0 Å². The fourth-order valence-electron chi connectivity index (χ4n) is 7.11. The van der Waals surface area contributed by atoms with Gasteiger partial charge in [0, 0.05) is 52.5 Å². The van der Waals surface area contributed by atoms with Crippen molar-refractivity contribution in [2.45, 2.75) is 25.2 Å². The third kappa shape index (κ3) is 6.31. The highest BCUT2D eigenvalue weighted by atomic mass is 16.5. The molecule has 0 aliphatic heterocycles. The summed E-state index contributed by atoms with van der Waals surface area (Å²) >= 11 is 0. The maximum absolute atomic E-state index is 15.1. The Labute approximate surface area is 292 Å². The number of rotatable bonds is 12. The van der Waals surface area contributed by atoms with Crippen molar-refractivity contribution in [3.8, 4) is 51.6 Å². The van der Waals surface area contributed by atoms with Gasteiger partial charge in [0.2, 0.25) is 0 Å². The number of furan rings is 1. The smallest absolute Gasteiger partial charge is 0.171 e. The van der Waals surface area contributed by atoms with Crippen molar-refractivity contribution in [1.82, 2.24) is 0 Å². The summed E-state index contributed by atoms with van der Waals surface area (Å²) in [5, 5.41) is 0.934. The van der Waals surface area contributed by atoms with E-state index in [0.29, 0.717) is 63.6 Å². The largest absolute Gasteiger partial charge is 0.497 e. The standard InChI is InChI=1S/C41H42O9/c1-23-15-31(29-13-11-27(44-3)21-35(29)46-5)39(41(42)30-14-12-28(45-4)22-36(30)47-6)32(16-23)40-37(48-7)18-25(19-38(40)49-8)33-17-24-9-10-26(43-2)20-34(24)50-33/h9-14,16-22,31-32,39H,15H2,1-8H3/t31-,32+,39-/m1/s1. The number of carbonyl (C=O) groups is 1. The monoisotopic (exact) mass is 678 g/mol. The van der Waals surface area contributed by atoms with Crippen LogP contribution in [0.5, 0.6) is 40.2 Å². The first kappa shape index (κ1) is 34.3. The van der Waals surface area contributed by atoms with Crippen LogP contribution in [0.1, 0.15) is 46.7 Å². The molecule has 0 bridgehead atoms. The van der Waals surface area contributed by atoms with Gasteiger partial charge in [-0.3, -0.25) is 4.79 Å². The number of allylic oxidation sites excluding steroid dienone is 2. The molecule has 5 aromatic rings. The van der Waals surface area contributed by atoms with Crippen molar-refractivity contribution in [1.29, 1.82) is 0 Å². The number of carbonyl (C=O) groups excluding carboxylic acids is 1. The Hall–Kier alpha value is -5.57. The molecule has 6 rings (SSSR count). The van der Waals surface area contributed by atoms with Gasteiger partial charge in [-0.15, -0.1) is 0 Å². The molecule has 1 heterocycles. The Kier molecular flexibility index (Phi) is 9.95. The van der Waals surface area contributed by atoms with Crippen molar-refractivity contribution in [3.05, 3.63) is 101 Å². The predicted molar refractivity (Wildman–Crippen MR) is 192 cm³/mol. The molecule has 50 heavy (non-hydrogen) atoms. The van der Waals surface area contributed by atoms with E-state index in [1.807, 2.05) is 54.6 Å². The van der Waals surface area contributed by atoms with Gasteiger partial charge in [0.05, 0.1) is 55.3 Å². The molecule has 0 saturated heterocycles. The van der Waals surface area contributed by atoms with Crippen molar-refractivity contribution in [2.24, 2.45) is 5.92 Å². The second-order valence-corrected chi connectivity index (χ2v) is 12.2. The van der Waals surface area contributed by atoms with Gasteiger partial charge in [-0.2, -0.15) is 0 Å². The number of fused-ring (bicyclic) bond motifs is 1. The number of methoxy groups -OCH3 is 7. The van der Waals surface area contributed by atoms with Gasteiger partial charge >= 0.3 is 0 Å². The van der Waals surface area contributed by atoms with E-state index in [1.165, 1.54) is 0 Å². The van der Waals surface area contributed by atoms with E-state index >= 15 is 4.79 Å². The second-order valence-electron chi connectivity index (χ2n) is 12.2. The second kappa shape index (κ2) is 14.5. The van der Waals surface area contributed by atoms with Gasteiger partial charge in [-0.05, 0) is 67.4 Å². The van der Waals surface area contributed by atoms with Crippen LogP contribution in [0.3, 0.4) is 0 Å². The van der Waals surface area contributed by atoms with Crippen LogP contribution in [-0.2, 0) is 0 Å². The molecule has 3 atom stereocenters. The van der Waals surface area contributed by atoms with E-state index in [2.05, 4.69) is 13.0 Å². The number of hydrogen-bond donors (Lipinski definition) is 0. The van der Waals surface area contributed by atoms with Crippen LogP contribution in [0.15, 0.2) is 88.9 Å². The van der Waals surface area contributed by atoms with Gasteiger partial charge in [0.1, 0.15) is 51.6 Å². The normalized spacial score (nSPS) is 17.1. The van der Waals surface area contributed by atoms with Gasteiger partial charge in [0.15, 0.2) is 5.78 Å². The van der Waals surface area contributed by atoms with Crippen LogP contribution in [0.4, 0.5) is 0 Å². The first-order valence-electron chi connectivity index (χ1n) is 16.3. The lowest BCUT2D eigenvalue weighted by Crippen LogP contribution is -2.32. The average molecular weight is 679 g/mol. The SMILES string of the molecule is COc1ccc(C(=O)[C@H]2[C@@H](c3c(OC)cc(-c4cc5ccc(OC)cc5o4)cc3OC)C=C(C)C[C@@H]2c2ccc(OC)cc2OC)c(OC)c1. The van der Waals surface area contributed by atoms with Crippen LogP contribution >= 0.6 is 0 Å². The van der Waals surface area contributed by atoms with Gasteiger partial charge in [-0.1, -0.05) is 17.7 Å². The molecule has 1 aliphatic rings. The third-order valence-corrected chi connectivity index (χ3v) is 9.53. The summed E-state index contributed by atoms with van der Waals surface area (Å²) in [7, 11) is 11.2. The molecule has 4 aromatic carbocycles. The van der Waals surface area contributed by atoms with Crippen LogP contribution in [0, 0.1) is 5.92 Å². The zero-order chi connectivity index (χ0) is 35.5. The first-order valence-corrected chi connectivity index (χ1v) is 16.3. The molecule has 0 radical (unpaired) electrons.